The van der Waals surface area contributed by atoms with E-state index in [4.69, 9.17) is 15.2 Å². The topological polar surface area (TPSA) is 101 Å². The molecule has 0 bridgehead atoms. The molecule has 0 spiro atoms. The Kier molecular flexibility index (Phi) is 6.33. The fourth-order valence-electron chi connectivity index (χ4n) is 3.57. The molecule has 0 aliphatic heterocycles. The molecule has 0 unspecified atom stereocenters. The number of tetrazole rings is 1. The standard InChI is InChI=1S/C26H20F2N6O2/c1-16-8-9-23(34-15-30-32-33-34)24(10-16)36-26-22(28)13-21(27)25(31-26)35-20-7-3-6-19(12-20)18-5-2-4-17(11-18)14-29/h2-13,15H,14,29H2,1H3. The first-order valence-electron chi connectivity index (χ1n) is 11.0. The molecule has 10 heteroatoms. The van der Waals surface area contributed by atoms with E-state index >= 15 is 0 Å². The number of halogens is 2. The Morgan fingerprint density at radius 3 is 2.36 bits per heavy atom. The maximum absolute atomic E-state index is 14.6. The van der Waals surface area contributed by atoms with Gasteiger partial charge in [0.05, 0.1) is 0 Å². The van der Waals surface area contributed by atoms with E-state index in [0.717, 1.165) is 22.3 Å². The van der Waals surface area contributed by atoms with E-state index in [2.05, 4.69) is 20.5 Å². The van der Waals surface area contributed by atoms with Crippen molar-refractivity contribution in [1.82, 2.24) is 25.2 Å². The summed E-state index contributed by atoms with van der Waals surface area (Å²) in [6.45, 7) is 2.25. The lowest BCUT2D eigenvalue weighted by atomic mass is 10.0. The molecule has 0 atom stereocenters. The van der Waals surface area contributed by atoms with E-state index in [1.165, 1.54) is 11.0 Å². The minimum Gasteiger partial charge on any atom is -0.436 e. The number of hydrogen-bond acceptors (Lipinski definition) is 7. The van der Waals surface area contributed by atoms with Gasteiger partial charge in [-0.25, -0.2) is 8.78 Å². The highest BCUT2D eigenvalue weighted by Gasteiger charge is 2.18. The monoisotopic (exact) mass is 486 g/mol. The maximum Gasteiger partial charge on any atom is 0.259 e. The van der Waals surface area contributed by atoms with Crippen molar-refractivity contribution < 1.29 is 18.3 Å². The molecule has 5 aromatic rings. The van der Waals surface area contributed by atoms with E-state index in [1.807, 2.05) is 43.3 Å². The van der Waals surface area contributed by atoms with Crippen LogP contribution in [0.25, 0.3) is 16.8 Å². The van der Waals surface area contributed by atoms with Gasteiger partial charge in [0.25, 0.3) is 11.8 Å². The second kappa shape index (κ2) is 9.88. The van der Waals surface area contributed by atoms with Crippen molar-refractivity contribution in [2.24, 2.45) is 5.73 Å². The van der Waals surface area contributed by atoms with Crippen molar-refractivity contribution in [1.29, 1.82) is 0 Å². The molecule has 5 rings (SSSR count). The van der Waals surface area contributed by atoms with Crippen molar-refractivity contribution in [3.63, 3.8) is 0 Å². The van der Waals surface area contributed by atoms with Crippen LogP contribution in [0.3, 0.4) is 0 Å². The van der Waals surface area contributed by atoms with Gasteiger partial charge in [0.15, 0.2) is 17.4 Å². The van der Waals surface area contributed by atoms with E-state index in [9.17, 15) is 8.78 Å². The molecular formula is C26H20F2N6O2. The molecule has 0 radical (unpaired) electrons. The zero-order chi connectivity index (χ0) is 25.1. The van der Waals surface area contributed by atoms with E-state index in [1.54, 1.807) is 30.3 Å². The Hall–Kier alpha value is -4.70. The number of aromatic nitrogens is 5. The molecule has 36 heavy (non-hydrogen) atoms. The summed E-state index contributed by atoms with van der Waals surface area (Å²) >= 11 is 0. The van der Waals surface area contributed by atoms with E-state index < -0.39 is 23.4 Å². The molecule has 0 fully saturated rings. The molecule has 0 aliphatic rings. The predicted molar refractivity (Wildman–Crippen MR) is 128 cm³/mol. The molecule has 2 heterocycles. The first-order chi connectivity index (χ1) is 17.5. The molecular weight excluding hydrogens is 466 g/mol. The maximum atomic E-state index is 14.6. The first kappa shape index (κ1) is 23.1. The van der Waals surface area contributed by atoms with Gasteiger partial charge >= 0.3 is 0 Å². The molecule has 2 aromatic heterocycles. The molecule has 0 saturated heterocycles. The molecule has 0 aliphatic carbocycles. The summed E-state index contributed by atoms with van der Waals surface area (Å²) < 4.78 is 42.1. The van der Waals surface area contributed by atoms with Crippen LogP contribution in [0.1, 0.15) is 11.1 Å². The van der Waals surface area contributed by atoms with Crippen LogP contribution in [-0.4, -0.2) is 25.2 Å². The van der Waals surface area contributed by atoms with Gasteiger partial charge in [0.1, 0.15) is 17.8 Å². The molecule has 0 amide bonds. The minimum absolute atomic E-state index is 0.230. The average molecular weight is 486 g/mol. The molecule has 0 saturated carbocycles. The lowest BCUT2D eigenvalue weighted by Crippen LogP contribution is -2.02. The van der Waals surface area contributed by atoms with Crippen LogP contribution < -0.4 is 15.2 Å². The summed E-state index contributed by atoms with van der Waals surface area (Å²) in [7, 11) is 0. The number of rotatable bonds is 7. The van der Waals surface area contributed by atoms with Crippen LogP contribution in [0.5, 0.6) is 23.3 Å². The van der Waals surface area contributed by atoms with Crippen molar-refractivity contribution in [3.05, 3.63) is 102 Å². The highest BCUT2D eigenvalue weighted by atomic mass is 19.1. The number of ether oxygens (including phenoxy) is 2. The van der Waals surface area contributed by atoms with Crippen molar-refractivity contribution in [2.45, 2.75) is 13.5 Å². The van der Waals surface area contributed by atoms with Crippen molar-refractivity contribution in [3.8, 4) is 40.1 Å². The van der Waals surface area contributed by atoms with Gasteiger partial charge in [0.2, 0.25) is 0 Å². The number of pyridine rings is 1. The van der Waals surface area contributed by atoms with Crippen LogP contribution in [0.4, 0.5) is 8.78 Å². The van der Waals surface area contributed by atoms with Gasteiger partial charge in [-0.3, -0.25) is 0 Å². The zero-order valence-electron chi connectivity index (χ0n) is 19.1. The Balaban J connectivity index is 1.46. The van der Waals surface area contributed by atoms with Crippen LogP contribution in [0, 0.1) is 18.6 Å². The fourth-order valence-corrected chi connectivity index (χ4v) is 3.57. The average Bonchev–Trinajstić information content (AvgIpc) is 3.42. The summed E-state index contributed by atoms with van der Waals surface area (Å²) in [4.78, 5) is 3.97. The first-order valence-corrected chi connectivity index (χ1v) is 11.0. The summed E-state index contributed by atoms with van der Waals surface area (Å²) in [5.41, 5.74) is 9.78. The Labute approximate surface area is 204 Å². The van der Waals surface area contributed by atoms with Crippen LogP contribution in [0.2, 0.25) is 0 Å². The quantitative estimate of drug-likeness (QED) is 0.331. The van der Waals surface area contributed by atoms with Crippen LogP contribution >= 0.6 is 0 Å². The fraction of sp³-hybridized carbons (Fsp3) is 0.0769. The van der Waals surface area contributed by atoms with Crippen LogP contribution in [-0.2, 0) is 6.54 Å². The van der Waals surface area contributed by atoms with Crippen LogP contribution in [0.15, 0.2) is 79.1 Å². The van der Waals surface area contributed by atoms with Gasteiger partial charge < -0.3 is 15.2 Å². The smallest absolute Gasteiger partial charge is 0.259 e. The lowest BCUT2D eigenvalue weighted by Gasteiger charge is -2.13. The van der Waals surface area contributed by atoms with Gasteiger partial charge in [0, 0.05) is 12.6 Å². The van der Waals surface area contributed by atoms with E-state index in [-0.39, 0.29) is 5.75 Å². The van der Waals surface area contributed by atoms with Gasteiger partial charge in [-0.05, 0) is 69.9 Å². The third-order valence-electron chi connectivity index (χ3n) is 5.33. The molecule has 180 valence electrons. The van der Waals surface area contributed by atoms with E-state index in [0.29, 0.717) is 24.0 Å². The number of aryl methyl sites for hydroxylation is 1. The highest BCUT2D eigenvalue weighted by molar-refractivity contribution is 5.66. The number of benzene rings is 3. The predicted octanol–water partition coefficient (Wildman–Crippen LogP) is 5.35. The second-order valence-electron chi connectivity index (χ2n) is 7.92. The summed E-state index contributed by atoms with van der Waals surface area (Å²) in [6, 6.07) is 20.7. The SMILES string of the molecule is Cc1ccc(-n2cnnn2)c(Oc2nc(Oc3cccc(-c4cccc(CN)c4)c3)c(F)cc2F)c1. The molecule has 8 nitrogen and oxygen atoms in total. The van der Waals surface area contributed by atoms with Gasteiger partial charge in [-0.15, -0.1) is 5.10 Å². The highest BCUT2D eigenvalue weighted by Crippen LogP contribution is 2.34. The third-order valence-corrected chi connectivity index (χ3v) is 5.33. The summed E-state index contributed by atoms with van der Waals surface area (Å²) in [5, 5.41) is 11.1. The Morgan fingerprint density at radius 1 is 0.861 bits per heavy atom. The molecule has 3 aromatic carbocycles. The largest absolute Gasteiger partial charge is 0.436 e. The second-order valence-corrected chi connectivity index (χ2v) is 7.92. The van der Waals surface area contributed by atoms with Gasteiger partial charge in [-0.1, -0.05) is 36.4 Å². The Bertz CT molecular complexity index is 1530. The van der Waals surface area contributed by atoms with Gasteiger partial charge in [-0.2, -0.15) is 9.67 Å². The number of nitrogens with two attached hydrogens (primary N) is 1. The third kappa shape index (κ3) is 4.89. The Morgan fingerprint density at radius 2 is 1.61 bits per heavy atom. The number of hydrogen-bond donors (Lipinski definition) is 1. The minimum atomic E-state index is -0.989. The van der Waals surface area contributed by atoms with Crippen molar-refractivity contribution >= 4 is 0 Å². The number of nitrogens with zero attached hydrogens (tertiary/aromatic N) is 5. The summed E-state index contributed by atoms with van der Waals surface area (Å²) in [6.07, 6.45) is 1.37. The zero-order valence-corrected chi connectivity index (χ0v) is 19.1. The normalized spacial score (nSPS) is 10.9. The molecule has 2 N–H and O–H groups in total. The lowest BCUT2D eigenvalue weighted by molar-refractivity contribution is 0.376. The summed E-state index contributed by atoms with van der Waals surface area (Å²) in [5.74, 6) is -2.31. The van der Waals surface area contributed by atoms with Crippen molar-refractivity contribution in [2.75, 3.05) is 0 Å².